The number of likely N-dealkylation sites (N-methyl/N-ethyl adjacent to an activating group) is 1. The number of aromatic nitrogens is 2. The Hall–Kier alpha value is -0.680. The number of hydrogen-bond acceptors (Lipinski definition) is 5. The molecule has 1 atom stereocenters. The van der Waals surface area contributed by atoms with E-state index in [0.717, 1.165) is 23.8 Å². The van der Waals surface area contributed by atoms with Crippen molar-refractivity contribution in [3.63, 3.8) is 0 Å². The summed E-state index contributed by atoms with van der Waals surface area (Å²) in [6, 6.07) is 0.317. The van der Waals surface area contributed by atoms with Gasteiger partial charge in [0.15, 0.2) is 0 Å². The fourth-order valence-corrected chi connectivity index (χ4v) is 1.83. The third kappa shape index (κ3) is 2.65. The van der Waals surface area contributed by atoms with E-state index in [-0.39, 0.29) is 0 Å². The largest absolute Gasteiger partial charge is 0.346 e. The second kappa shape index (κ2) is 5.26. The van der Waals surface area contributed by atoms with Gasteiger partial charge in [-0.3, -0.25) is 0 Å². The SMILES string of the molecule is CCCc1nsc(N(C)C(C)CN)n1. The summed E-state index contributed by atoms with van der Waals surface area (Å²) in [5, 5.41) is 0.964. The van der Waals surface area contributed by atoms with Crippen molar-refractivity contribution < 1.29 is 0 Å². The van der Waals surface area contributed by atoms with Gasteiger partial charge in [-0.15, -0.1) is 0 Å². The van der Waals surface area contributed by atoms with Gasteiger partial charge in [0.05, 0.1) is 0 Å². The molecule has 80 valence electrons. The first-order valence-corrected chi connectivity index (χ1v) is 5.71. The molecular formula is C9H18N4S. The number of aryl methyl sites for hydroxylation is 1. The lowest BCUT2D eigenvalue weighted by Gasteiger charge is -2.21. The zero-order valence-corrected chi connectivity index (χ0v) is 9.84. The standard InChI is InChI=1S/C9H18N4S/c1-4-5-8-11-9(14-12-8)13(3)7(2)6-10/h7H,4-6,10H2,1-3H3. The van der Waals surface area contributed by atoms with Gasteiger partial charge < -0.3 is 10.6 Å². The second-order valence-corrected chi connectivity index (χ2v) is 4.17. The molecule has 1 aromatic rings. The summed E-state index contributed by atoms with van der Waals surface area (Å²) in [5.74, 6) is 0.948. The van der Waals surface area contributed by atoms with E-state index in [1.807, 2.05) is 7.05 Å². The van der Waals surface area contributed by atoms with E-state index in [2.05, 4.69) is 28.1 Å². The molecule has 14 heavy (non-hydrogen) atoms. The van der Waals surface area contributed by atoms with E-state index < -0.39 is 0 Å². The van der Waals surface area contributed by atoms with Crippen molar-refractivity contribution in [1.82, 2.24) is 9.36 Å². The Bertz CT molecular complexity index is 274. The number of nitrogens with two attached hydrogens (primary N) is 1. The quantitative estimate of drug-likeness (QED) is 0.802. The van der Waals surface area contributed by atoms with E-state index in [1.165, 1.54) is 11.5 Å². The molecule has 5 heteroatoms. The van der Waals surface area contributed by atoms with Gasteiger partial charge in [-0.25, -0.2) is 4.98 Å². The van der Waals surface area contributed by atoms with Crippen LogP contribution in [0.15, 0.2) is 0 Å². The van der Waals surface area contributed by atoms with E-state index in [0.29, 0.717) is 12.6 Å². The van der Waals surface area contributed by atoms with Crippen LogP contribution < -0.4 is 10.6 Å². The van der Waals surface area contributed by atoms with Crippen molar-refractivity contribution in [3.8, 4) is 0 Å². The minimum atomic E-state index is 0.317. The van der Waals surface area contributed by atoms with E-state index in [9.17, 15) is 0 Å². The van der Waals surface area contributed by atoms with Crippen LogP contribution in [0.3, 0.4) is 0 Å². The van der Waals surface area contributed by atoms with Crippen molar-refractivity contribution in [3.05, 3.63) is 5.82 Å². The Morgan fingerprint density at radius 1 is 1.57 bits per heavy atom. The third-order valence-corrected chi connectivity index (χ3v) is 3.08. The topological polar surface area (TPSA) is 55.0 Å². The van der Waals surface area contributed by atoms with Gasteiger partial charge in [0.25, 0.3) is 0 Å². The maximum absolute atomic E-state index is 5.59. The maximum Gasteiger partial charge on any atom is 0.205 e. The van der Waals surface area contributed by atoms with Crippen LogP contribution >= 0.6 is 11.5 Å². The predicted octanol–water partition coefficient (Wildman–Crippen LogP) is 1.27. The molecule has 0 saturated heterocycles. The first-order valence-electron chi connectivity index (χ1n) is 4.94. The first kappa shape index (κ1) is 11.4. The number of nitrogens with zero attached hydrogens (tertiary/aromatic N) is 3. The minimum absolute atomic E-state index is 0.317. The van der Waals surface area contributed by atoms with Crippen LogP contribution in [0.25, 0.3) is 0 Å². The fourth-order valence-electron chi connectivity index (χ4n) is 1.06. The lowest BCUT2D eigenvalue weighted by Crippen LogP contribution is -2.35. The summed E-state index contributed by atoms with van der Waals surface area (Å²) in [6.07, 6.45) is 2.05. The summed E-state index contributed by atoms with van der Waals surface area (Å²) in [6.45, 7) is 4.85. The Labute approximate surface area is 89.3 Å². The summed E-state index contributed by atoms with van der Waals surface area (Å²) in [5.41, 5.74) is 5.59. The zero-order chi connectivity index (χ0) is 10.6. The molecule has 0 fully saturated rings. The van der Waals surface area contributed by atoms with Crippen LogP contribution in [0.1, 0.15) is 26.1 Å². The number of anilines is 1. The first-order chi connectivity index (χ1) is 6.69. The summed E-state index contributed by atoms with van der Waals surface area (Å²) in [7, 11) is 2.01. The molecule has 1 unspecified atom stereocenters. The van der Waals surface area contributed by atoms with Gasteiger partial charge in [0, 0.05) is 37.6 Å². The molecule has 0 spiro atoms. The molecule has 1 rings (SSSR count). The highest BCUT2D eigenvalue weighted by atomic mass is 32.1. The Morgan fingerprint density at radius 2 is 2.29 bits per heavy atom. The Balaban J connectivity index is 2.65. The third-order valence-electron chi connectivity index (χ3n) is 2.23. The molecule has 0 saturated carbocycles. The summed E-state index contributed by atoms with van der Waals surface area (Å²) in [4.78, 5) is 6.53. The maximum atomic E-state index is 5.59. The van der Waals surface area contributed by atoms with Gasteiger partial charge in [-0.1, -0.05) is 6.92 Å². The lowest BCUT2D eigenvalue weighted by atomic mass is 10.3. The van der Waals surface area contributed by atoms with Gasteiger partial charge in [-0.05, 0) is 13.3 Å². The van der Waals surface area contributed by atoms with Crippen molar-refractivity contribution in [2.75, 3.05) is 18.5 Å². The average Bonchev–Trinajstić information content (AvgIpc) is 2.64. The summed E-state index contributed by atoms with van der Waals surface area (Å²) >= 11 is 1.45. The molecule has 0 aromatic carbocycles. The molecule has 0 amide bonds. The van der Waals surface area contributed by atoms with Crippen molar-refractivity contribution >= 4 is 16.7 Å². The van der Waals surface area contributed by atoms with Gasteiger partial charge >= 0.3 is 0 Å². The van der Waals surface area contributed by atoms with Crippen LogP contribution in [0, 0.1) is 0 Å². The molecule has 1 aromatic heterocycles. The minimum Gasteiger partial charge on any atom is -0.346 e. The van der Waals surface area contributed by atoms with Crippen LogP contribution in [0.5, 0.6) is 0 Å². The van der Waals surface area contributed by atoms with Gasteiger partial charge in [-0.2, -0.15) is 4.37 Å². The van der Waals surface area contributed by atoms with E-state index >= 15 is 0 Å². The summed E-state index contributed by atoms with van der Waals surface area (Å²) < 4.78 is 4.29. The molecule has 0 radical (unpaired) electrons. The van der Waals surface area contributed by atoms with Crippen LogP contribution in [0.4, 0.5) is 5.13 Å². The highest BCUT2D eigenvalue weighted by Crippen LogP contribution is 2.18. The second-order valence-electron chi connectivity index (χ2n) is 3.44. The van der Waals surface area contributed by atoms with Crippen LogP contribution in [-0.4, -0.2) is 29.0 Å². The van der Waals surface area contributed by atoms with E-state index in [1.54, 1.807) is 0 Å². The molecule has 4 nitrogen and oxygen atoms in total. The molecular weight excluding hydrogens is 196 g/mol. The monoisotopic (exact) mass is 214 g/mol. The Morgan fingerprint density at radius 3 is 2.86 bits per heavy atom. The number of hydrogen-bond donors (Lipinski definition) is 1. The normalized spacial score (nSPS) is 12.9. The van der Waals surface area contributed by atoms with Crippen LogP contribution in [0.2, 0.25) is 0 Å². The number of rotatable bonds is 5. The smallest absolute Gasteiger partial charge is 0.205 e. The predicted molar refractivity (Wildman–Crippen MR) is 60.8 cm³/mol. The molecule has 0 aliphatic carbocycles. The lowest BCUT2D eigenvalue weighted by molar-refractivity contribution is 0.691. The molecule has 0 aliphatic rings. The molecule has 0 bridgehead atoms. The van der Waals surface area contributed by atoms with E-state index in [4.69, 9.17) is 5.73 Å². The fraction of sp³-hybridized carbons (Fsp3) is 0.778. The zero-order valence-electron chi connectivity index (χ0n) is 9.03. The molecule has 0 aliphatic heterocycles. The van der Waals surface area contributed by atoms with Gasteiger partial charge in [0.2, 0.25) is 5.13 Å². The van der Waals surface area contributed by atoms with Crippen LogP contribution in [-0.2, 0) is 6.42 Å². The van der Waals surface area contributed by atoms with Crippen molar-refractivity contribution in [1.29, 1.82) is 0 Å². The van der Waals surface area contributed by atoms with Crippen molar-refractivity contribution in [2.24, 2.45) is 5.73 Å². The molecule has 2 N–H and O–H groups in total. The highest BCUT2D eigenvalue weighted by molar-refractivity contribution is 7.09. The van der Waals surface area contributed by atoms with Crippen molar-refractivity contribution in [2.45, 2.75) is 32.7 Å². The highest BCUT2D eigenvalue weighted by Gasteiger charge is 2.12. The van der Waals surface area contributed by atoms with Gasteiger partial charge in [0.1, 0.15) is 5.82 Å². The average molecular weight is 214 g/mol. The molecule has 1 heterocycles. The Kier molecular flexibility index (Phi) is 4.28.